The average Bonchev–Trinajstić information content (AvgIpc) is 3.31. The highest BCUT2D eigenvalue weighted by molar-refractivity contribution is 6.31. The van der Waals surface area contributed by atoms with Crippen LogP contribution in [0.3, 0.4) is 0 Å². The number of hydrogen-bond donors (Lipinski definition) is 2. The number of carbonyl (C=O) groups is 1. The molecule has 1 amide bonds. The van der Waals surface area contributed by atoms with Crippen molar-refractivity contribution >= 4 is 39.9 Å². The number of hydrogen-bond acceptors (Lipinski definition) is 9. The molecule has 0 aliphatic carbocycles. The van der Waals surface area contributed by atoms with Gasteiger partial charge in [-0.3, -0.25) is 9.69 Å². The summed E-state index contributed by atoms with van der Waals surface area (Å²) in [6.45, 7) is 4.30. The highest BCUT2D eigenvalue weighted by Gasteiger charge is 2.35. The molecular formula is C27H32ClFN6O4. The summed E-state index contributed by atoms with van der Waals surface area (Å²) in [5.41, 5.74) is 1.12. The van der Waals surface area contributed by atoms with Crippen molar-refractivity contribution < 1.29 is 23.8 Å². The molecule has 12 heteroatoms. The SMILES string of the molecule is COc1cc(OCC2C[C@@H](O)CN2C(=O)CN2CCN(C)CC2)c2c(Nc3ccc(F)c(Cl)c3)ncnc2c1. The van der Waals surface area contributed by atoms with Crippen molar-refractivity contribution in [3.8, 4) is 11.5 Å². The summed E-state index contributed by atoms with van der Waals surface area (Å²) in [4.78, 5) is 28.1. The highest BCUT2D eigenvalue weighted by atomic mass is 35.5. The van der Waals surface area contributed by atoms with Gasteiger partial charge in [-0.25, -0.2) is 14.4 Å². The van der Waals surface area contributed by atoms with E-state index < -0.39 is 11.9 Å². The molecule has 5 rings (SSSR count). The Hall–Kier alpha value is -3.25. The molecule has 2 saturated heterocycles. The van der Waals surface area contributed by atoms with E-state index in [0.717, 1.165) is 26.2 Å². The quantitative estimate of drug-likeness (QED) is 0.432. The van der Waals surface area contributed by atoms with Gasteiger partial charge in [0, 0.05) is 50.5 Å². The van der Waals surface area contributed by atoms with Crippen LogP contribution in [0.4, 0.5) is 15.9 Å². The number of β-amino-alcohol motifs (C(OH)–C–C–N with tert-alkyl or cyclic N) is 1. The lowest BCUT2D eigenvalue weighted by molar-refractivity contribution is -0.134. The van der Waals surface area contributed by atoms with Gasteiger partial charge in [0.1, 0.15) is 36.1 Å². The third-order valence-corrected chi connectivity index (χ3v) is 7.48. The van der Waals surface area contributed by atoms with Crippen molar-refractivity contribution in [1.29, 1.82) is 0 Å². The number of aromatic nitrogens is 2. The first kappa shape index (κ1) is 27.3. The Morgan fingerprint density at radius 3 is 2.74 bits per heavy atom. The first-order valence-electron chi connectivity index (χ1n) is 12.9. The fourth-order valence-electron chi connectivity index (χ4n) is 5.00. The number of benzene rings is 2. The molecule has 2 atom stereocenters. The van der Waals surface area contributed by atoms with E-state index in [1.165, 1.54) is 18.5 Å². The molecule has 0 spiro atoms. The van der Waals surface area contributed by atoms with Crippen LogP contribution < -0.4 is 14.8 Å². The summed E-state index contributed by atoms with van der Waals surface area (Å²) in [5.74, 6) is 0.901. The molecule has 0 radical (unpaired) electrons. The van der Waals surface area contributed by atoms with E-state index in [0.29, 0.717) is 46.9 Å². The van der Waals surface area contributed by atoms with Crippen molar-refractivity contribution in [2.75, 3.05) is 65.3 Å². The molecular weight excluding hydrogens is 527 g/mol. The smallest absolute Gasteiger partial charge is 0.237 e. The number of carbonyl (C=O) groups excluding carboxylic acids is 1. The second kappa shape index (κ2) is 11.9. The summed E-state index contributed by atoms with van der Waals surface area (Å²) in [5, 5.41) is 14.1. The summed E-state index contributed by atoms with van der Waals surface area (Å²) in [7, 11) is 3.63. The van der Waals surface area contributed by atoms with Gasteiger partial charge in [0.15, 0.2) is 0 Å². The van der Waals surface area contributed by atoms with E-state index in [1.54, 1.807) is 30.2 Å². The lowest BCUT2D eigenvalue weighted by Gasteiger charge is -2.33. The van der Waals surface area contributed by atoms with Gasteiger partial charge >= 0.3 is 0 Å². The van der Waals surface area contributed by atoms with E-state index in [1.807, 2.05) is 0 Å². The molecule has 208 valence electrons. The maximum absolute atomic E-state index is 13.7. The Kier molecular flexibility index (Phi) is 8.31. The average molecular weight is 559 g/mol. The van der Waals surface area contributed by atoms with Crippen LogP contribution in [-0.4, -0.2) is 108 Å². The number of nitrogens with zero attached hydrogens (tertiary/aromatic N) is 5. The Bertz CT molecular complexity index is 1340. The molecule has 3 heterocycles. The molecule has 2 fully saturated rings. The molecule has 1 unspecified atom stereocenters. The highest BCUT2D eigenvalue weighted by Crippen LogP contribution is 2.36. The van der Waals surface area contributed by atoms with E-state index >= 15 is 0 Å². The van der Waals surface area contributed by atoms with E-state index in [4.69, 9.17) is 21.1 Å². The zero-order valence-corrected chi connectivity index (χ0v) is 22.7. The lowest BCUT2D eigenvalue weighted by Crippen LogP contribution is -2.50. The number of aliphatic hydroxyl groups excluding tert-OH is 1. The molecule has 0 bridgehead atoms. The number of likely N-dealkylation sites (N-methyl/N-ethyl adjacent to an activating group) is 1. The Morgan fingerprint density at radius 2 is 2.00 bits per heavy atom. The Morgan fingerprint density at radius 1 is 1.21 bits per heavy atom. The van der Waals surface area contributed by atoms with Crippen LogP contribution in [0.15, 0.2) is 36.7 Å². The molecule has 0 saturated carbocycles. The van der Waals surface area contributed by atoms with E-state index in [9.17, 15) is 14.3 Å². The number of halogens is 2. The van der Waals surface area contributed by atoms with Crippen molar-refractivity contribution in [1.82, 2.24) is 24.7 Å². The number of amides is 1. The van der Waals surface area contributed by atoms with Crippen molar-refractivity contribution in [2.24, 2.45) is 0 Å². The van der Waals surface area contributed by atoms with Crippen LogP contribution in [0.5, 0.6) is 11.5 Å². The molecule has 3 aromatic rings. The second-order valence-electron chi connectivity index (χ2n) is 9.98. The van der Waals surface area contributed by atoms with Gasteiger partial charge in [-0.15, -0.1) is 0 Å². The van der Waals surface area contributed by atoms with Gasteiger partial charge < -0.3 is 29.7 Å². The number of methoxy groups -OCH3 is 1. The Balaban J connectivity index is 1.36. The monoisotopic (exact) mass is 558 g/mol. The number of piperazine rings is 1. The summed E-state index contributed by atoms with van der Waals surface area (Å²) >= 11 is 5.96. The number of aliphatic hydroxyl groups is 1. The van der Waals surface area contributed by atoms with E-state index in [-0.39, 0.29) is 30.1 Å². The van der Waals surface area contributed by atoms with Gasteiger partial charge in [0.25, 0.3) is 0 Å². The number of fused-ring (bicyclic) bond motifs is 1. The second-order valence-corrected chi connectivity index (χ2v) is 10.4. The van der Waals surface area contributed by atoms with Crippen molar-refractivity contribution in [3.05, 3.63) is 47.5 Å². The molecule has 2 N–H and O–H groups in total. The summed E-state index contributed by atoms with van der Waals surface area (Å²) < 4.78 is 25.4. The van der Waals surface area contributed by atoms with Gasteiger partial charge in [-0.2, -0.15) is 0 Å². The zero-order chi connectivity index (χ0) is 27.5. The third kappa shape index (κ3) is 6.33. The fraction of sp³-hybridized carbons (Fsp3) is 0.444. The minimum Gasteiger partial charge on any atom is -0.497 e. The predicted molar refractivity (Wildman–Crippen MR) is 146 cm³/mol. The van der Waals surface area contributed by atoms with Crippen LogP contribution >= 0.6 is 11.6 Å². The number of ether oxygens (including phenoxy) is 2. The molecule has 2 aliphatic rings. The number of likely N-dealkylation sites (tertiary alicyclic amines) is 1. The van der Waals surface area contributed by atoms with Gasteiger partial charge in [-0.1, -0.05) is 11.6 Å². The number of nitrogens with one attached hydrogen (secondary N) is 1. The molecule has 2 aliphatic heterocycles. The maximum Gasteiger partial charge on any atom is 0.237 e. The van der Waals surface area contributed by atoms with Gasteiger partial charge in [0.2, 0.25) is 5.91 Å². The minimum atomic E-state index is -0.610. The van der Waals surface area contributed by atoms with Gasteiger partial charge in [0.05, 0.1) is 41.7 Å². The fourth-order valence-corrected chi connectivity index (χ4v) is 5.18. The maximum atomic E-state index is 13.7. The van der Waals surface area contributed by atoms with Crippen LogP contribution in [-0.2, 0) is 4.79 Å². The van der Waals surface area contributed by atoms with Crippen molar-refractivity contribution in [3.63, 3.8) is 0 Å². The summed E-state index contributed by atoms with van der Waals surface area (Å²) in [6, 6.07) is 7.50. The topological polar surface area (TPSA) is 103 Å². The third-order valence-electron chi connectivity index (χ3n) is 7.19. The van der Waals surface area contributed by atoms with Crippen LogP contribution in [0.1, 0.15) is 6.42 Å². The lowest BCUT2D eigenvalue weighted by atomic mass is 10.1. The first-order chi connectivity index (χ1) is 18.8. The molecule has 1 aromatic heterocycles. The largest absolute Gasteiger partial charge is 0.497 e. The predicted octanol–water partition coefficient (Wildman–Crippen LogP) is 2.76. The normalized spacial score (nSPS) is 20.4. The van der Waals surface area contributed by atoms with Crippen LogP contribution in [0, 0.1) is 5.82 Å². The number of rotatable bonds is 8. The minimum absolute atomic E-state index is 0.0147. The van der Waals surface area contributed by atoms with E-state index in [2.05, 4.69) is 32.1 Å². The first-order valence-corrected chi connectivity index (χ1v) is 13.2. The summed E-state index contributed by atoms with van der Waals surface area (Å²) in [6.07, 6.45) is 1.22. The zero-order valence-electron chi connectivity index (χ0n) is 21.9. The van der Waals surface area contributed by atoms with Crippen molar-refractivity contribution in [2.45, 2.75) is 18.6 Å². The van der Waals surface area contributed by atoms with Crippen LogP contribution in [0.2, 0.25) is 5.02 Å². The number of anilines is 2. The Labute approximate surface area is 231 Å². The van der Waals surface area contributed by atoms with Gasteiger partial charge in [-0.05, 0) is 31.7 Å². The standard InChI is InChI=1S/C27H32ClFN6O4/c1-33-5-7-34(8-6-33)14-25(37)35-13-19(36)10-18(35)15-39-24-12-20(38-2)11-23-26(24)27(31-16-30-23)32-17-3-4-22(29)21(28)9-17/h3-4,9,11-12,16,18-19,36H,5-8,10,13-15H2,1-2H3,(H,30,31,32)/t18?,19-/m1/s1. The molecule has 39 heavy (non-hydrogen) atoms. The molecule has 10 nitrogen and oxygen atoms in total. The van der Waals surface area contributed by atoms with Crippen LogP contribution in [0.25, 0.3) is 10.9 Å². The molecule has 2 aromatic carbocycles.